The van der Waals surface area contributed by atoms with E-state index in [1.807, 2.05) is 55.7 Å². The van der Waals surface area contributed by atoms with E-state index >= 15 is 4.39 Å². The fourth-order valence-electron chi connectivity index (χ4n) is 8.48. The number of nitrogens with zero attached hydrogens (tertiary/aromatic N) is 3. The Hall–Kier alpha value is -7.33. The van der Waals surface area contributed by atoms with Crippen LogP contribution < -0.4 is 32.3 Å². The second kappa shape index (κ2) is 28.4. The van der Waals surface area contributed by atoms with Gasteiger partial charge in [0.1, 0.15) is 36.4 Å². The van der Waals surface area contributed by atoms with Crippen LogP contribution in [-0.4, -0.2) is 135 Å². The van der Waals surface area contributed by atoms with Gasteiger partial charge in [-0.15, -0.1) is 0 Å². The first kappa shape index (κ1) is 60.2. The Labute approximate surface area is 435 Å². The van der Waals surface area contributed by atoms with Crippen LogP contribution in [0, 0.1) is 23.0 Å². The summed E-state index contributed by atoms with van der Waals surface area (Å²) in [6.45, 7) is 9.79. The molecular formula is C53H71F2N9O11. The standard InChI is InChI=1S/C53H71F2N9O11/c1-32(2)47(61-43(67)15-11-8-12-25-63-44(68)20-21-45(63)69)51(73)59-33(3)49(71)60-40(52(74)75)18-19-42(66)57-23-24-58-50(72)39(56)22-26-64(46(70)31-65)48(53(4,5)6)41-27-35(37-28-36(54)16-17-38(37)55)30-62(41)29-34-13-9-7-10-14-34/h7,9-10,13-14,16-17,20-21,27-28,30,32-33,39-40,47-48,65H,8,11-12,15,18-19,22-26,29,31,56H2,1-6H3,(H,57,66)(H,58,72)(H,59,73)(H,60,71)(H,61,67)(H,74,75)/t33-,39-,40-,47-,48-/m0/s1. The summed E-state index contributed by atoms with van der Waals surface area (Å²) in [4.78, 5) is 116. The third-order valence-corrected chi connectivity index (χ3v) is 12.5. The van der Waals surface area contributed by atoms with Crippen molar-refractivity contribution in [2.75, 3.05) is 32.8 Å². The lowest BCUT2D eigenvalue weighted by Gasteiger charge is -2.41. The highest BCUT2D eigenvalue weighted by Crippen LogP contribution is 2.41. The summed E-state index contributed by atoms with van der Waals surface area (Å²) in [7, 11) is 0. The number of benzene rings is 2. The maximum atomic E-state index is 15.1. The number of hydrogen-bond donors (Lipinski definition) is 8. The molecule has 75 heavy (non-hydrogen) atoms. The summed E-state index contributed by atoms with van der Waals surface area (Å²) in [6, 6.07) is 8.54. The summed E-state index contributed by atoms with van der Waals surface area (Å²) < 4.78 is 31.4. The fraction of sp³-hybridized carbons (Fsp3) is 0.491. The van der Waals surface area contributed by atoms with Gasteiger partial charge in [0, 0.05) is 80.7 Å². The van der Waals surface area contributed by atoms with Crippen LogP contribution in [0.3, 0.4) is 0 Å². The molecule has 20 nitrogen and oxygen atoms in total. The number of amides is 8. The fourth-order valence-corrected chi connectivity index (χ4v) is 8.48. The first-order valence-corrected chi connectivity index (χ1v) is 25.0. The van der Waals surface area contributed by atoms with Gasteiger partial charge in [0.15, 0.2) is 0 Å². The third kappa shape index (κ3) is 18.2. The number of unbranched alkanes of at least 4 members (excludes halogenated alkanes) is 2. The van der Waals surface area contributed by atoms with Gasteiger partial charge in [-0.05, 0) is 73.8 Å². The Bertz CT molecular complexity index is 2530. The summed E-state index contributed by atoms with van der Waals surface area (Å²) in [5.41, 5.74) is 7.42. The van der Waals surface area contributed by atoms with E-state index in [-0.39, 0.29) is 75.2 Å². The highest BCUT2D eigenvalue weighted by Gasteiger charge is 2.38. The van der Waals surface area contributed by atoms with Crippen LogP contribution in [0.5, 0.6) is 0 Å². The number of rotatable bonds is 29. The van der Waals surface area contributed by atoms with E-state index in [2.05, 4.69) is 26.6 Å². The number of hydrogen-bond acceptors (Lipinski definition) is 11. The minimum Gasteiger partial charge on any atom is -0.480 e. The number of carbonyl (C=O) groups is 9. The average molecular weight is 1050 g/mol. The molecule has 9 N–H and O–H groups in total. The van der Waals surface area contributed by atoms with Gasteiger partial charge in [0.05, 0.1) is 12.1 Å². The van der Waals surface area contributed by atoms with Crippen LogP contribution in [0.1, 0.15) is 104 Å². The molecule has 0 saturated heterocycles. The molecule has 1 aliphatic heterocycles. The number of nitrogens with one attached hydrogen (secondary N) is 5. The lowest BCUT2D eigenvalue weighted by molar-refractivity contribution is -0.142. The van der Waals surface area contributed by atoms with Crippen molar-refractivity contribution in [3.05, 3.63) is 95.8 Å². The number of halogens is 2. The number of aliphatic hydroxyl groups excluding tert-OH is 1. The summed E-state index contributed by atoms with van der Waals surface area (Å²) in [5.74, 6) is -7.67. The highest BCUT2D eigenvalue weighted by molar-refractivity contribution is 6.12. The number of aromatic nitrogens is 1. The Morgan fingerprint density at radius 2 is 1.44 bits per heavy atom. The number of carboxylic acid groups (broad SMARTS) is 1. The van der Waals surface area contributed by atoms with Crippen molar-refractivity contribution >= 4 is 53.2 Å². The molecule has 0 aliphatic carbocycles. The van der Waals surface area contributed by atoms with Crippen molar-refractivity contribution in [2.24, 2.45) is 17.1 Å². The maximum Gasteiger partial charge on any atom is 0.326 e. The van der Waals surface area contributed by atoms with Crippen molar-refractivity contribution in [2.45, 2.75) is 123 Å². The van der Waals surface area contributed by atoms with Gasteiger partial charge >= 0.3 is 5.97 Å². The Balaban J connectivity index is 1.25. The second-order valence-corrected chi connectivity index (χ2v) is 19.9. The molecule has 0 bridgehead atoms. The first-order chi connectivity index (χ1) is 35.4. The van der Waals surface area contributed by atoms with Crippen LogP contribution in [0.2, 0.25) is 0 Å². The van der Waals surface area contributed by atoms with E-state index in [9.17, 15) is 57.8 Å². The van der Waals surface area contributed by atoms with E-state index in [1.54, 1.807) is 26.1 Å². The lowest BCUT2D eigenvalue weighted by Crippen LogP contribution is -2.56. The van der Waals surface area contributed by atoms with Crippen molar-refractivity contribution in [3.63, 3.8) is 0 Å². The molecule has 22 heteroatoms. The highest BCUT2D eigenvalue weighted by atomic mass is 19.1. The molecule has 408 valence electrons. The van der Waals surface area contributed by atoms with Crippen molar-refractivity contribution in [1.29, 1.82) is 0 Å². The predicted octanol–water partition coefficient (Wildman–Crippen LogP) is 2.82. The maximum absolute atomic E-state index is 15.1. The summed E-state index contributed by atoms with van der Waals surface area (Å²) >= 11 is 0. The predicted molar refractivity (Wildman–Crippen MR) is 272 cm³/mol. The number of aliphatic carboxylic acids is 1. The molecule has 0 unspecified atom stereocenters. The zero-order valence-electron chi connectivity index (χ0n) is 43.3. The van der Waals surface area contributed by atoms with E-state index < -0.39 is 95.3 Å². The lowest BCUT2D eigenvalue weighted by atomic mass is 9.82. The van der Waals surface area contributed by atoms with Gasteiger partial charge < -0.3 is 52.0 Å². The van der Waals surface area contributed by atoms with Crippen LogP contribution in [0.15, 0.2) is 72.9 Å². The van der Waals surface area contributed by atoms with Crippen molar-refractivity contribution in [3.8, 4) is 11.1 Å². The quantitative estimate of drug-likeness (QED) is 0.0368. The van der Waals surface area contributed by atoms with Gasteiger partial charge in [-0.25, -0.2) is 13.6 Å². The summed E-state index contributed by atoms with van der Waals surface area (Å²) in [5, 5.41) is 32.6. The van der Waals surface area contributed by atoms with E-state index in [4.69, 9.17) is 5.73 Å². The van der Waals surface area contributed by atoms with Gasteiger partial charge in [-0.1, -0.05) is 71.4 Å². The molecule has 0 saturated carbocycles. The van der Waals surface area contributed by atoms with Gasteiger partial charge in [0.25, 0.3) is 11.8 Å². The van der Waals surface area contributed by atoms with Crippen LogP contribution in [0.4, 0.5) is 8.78 Å². The first-order valence-electron chi connectivity index (χ1n) is 25.0. The zero-order valence-corrected chi connectivity index (χ0v) is 43.3. The third-order valence-electron chi connectivity index (χ3n) is 12.5. The van der Waals surface area contributed by atoms with Crippen molar-refractivity contribution in [1.82, 2.24) is 41.0 Å². The molecule has 0 spiro atoms. The van der Waals surface area contributed by atoms with Crippen LogP contribution in [0.25, 0.3) is 11.1 Å². The number of carbonyl (C=O) groups excluding carboxylic acids is 8. The smallest absolute Gasteiger partial charge is 0.326 e. The zero-order chi connectivity index (χ0) is 55.6. The molecule has 1 aromatic heterocycles. The molecule has 3 aromatic rings. The minimum atomic E-state index is -1.51. The molecule has 1 aliphatic rings. The molecular weight excluding hydrogens is 977 g/mol. The molecule has 2 heterocycles. The van der Waals surface area contributed by atoms with Gasteiger partial charge in [-0.3, -0.25) is 43.3 Å². The van der Waals surface area contributed by atoms with Crippen LogP contribution in [-0.2, 0) is 49.7 Å². The van der Waals surface area contributed by atoms with E-state index in [0.717, 1.165) is 28.7 Å². The normalized spacial score (nSPS) is 14.4. The monoisotopic (exact) mass is 1050 g/mol. The van der Waals surface area contributed by atoms with Gasteiger partial charge in [-0.2, -0.15) is 0 Å². The minimum absolute atomic E-state index is 0.0186. The second-order valence-electron chi connectivity index (χ2n) is 19.9. The Kier molecular flexibility index (Phi) is 22.8. The number of carboxylic acids is 1. The molecule has 5 atom stereocenters. The largest absolute Gasteiger partial charge is 0.480 e. The van der Waals surface area contributed by atoms with Crippen molar-refractivity contribution < 1.29 is 62.1 Å². The molecule has 0 radical (unpaired) electrons. The van der Waals surface area contributed by atoms with Gasteiger partial charge in [0.2, 0.25) is 35.4 Å². The average Bonchev–Trinajstić information content (AvgIpc) is 3.91. The number of imide groups is 1. The molecule has 2 aromatic carbocycles. The Morgan fingerprint density at radius 1 is 0.773 bits per heavy atom. The molecule has 4 rings (SSSR count). The molecule has 0 fully saturated rings. The molecule has 8 amide bonds. The van der Waals surface area contributed by atoms with Crippen LogP contribution >= 0.6 is 0 Å². The van der Waals surface area contributed by atoms with E-state index in [1.165, 1.54) is 24.0 Å². The number of aliphatic hydroxyl groups is 1. The topological polar surface area (TPSA) is 292 Å². The van der Waals surface area contributed by atoms with E-state index in [0.29, 0.717) is 37.1 Å². The SMILES string of the molecule is CC(C)[C@H](NC(=O)CCCCCN1C(=O)C=CC1=O)C(=O)N[C@@H](C)C(=O)N[C@@H](CCC(=O)NCCNC(=O)[C@@H](N)CCN(C(=O)CO)[C@@H](c1cc(-c2cc(F)ccc2F)cn1Cc1ccccc1)C(C)(C)C)C(=O)O. The number of nitrogens with two attached hydrogens (primary N) is 1. The summed E-state index contributed by atoms with van der Waals surface area (Å²) in [6.07, 6.45) is 4.90. The Morgan fingerprint density at radius 3 is 2.07 bits per heavy atom.